The van der Waals surface area contributed by atoms with E-state index in [0.717, 1.165) is 16.9 Å². The third-order valence-corrected chi connectivity index (χ3v) is 5.30. The van der Waals surface area contributed by atoms with Crippen LogP contribution in [-0.4, -0.2) is 18.3 Å². The predicted octanol–water partition coefficient (Wildman–Crippen LogP) is 4.75. The van der Waals surface area contributed by atoms with Crippen molar-refractivity contribution in [3.05, 3.63) is 100 Å². The lowest BCUT2D eigenvalue weighted by Crippen LogP contribution is -2.30. The summed E-state index contributed by atoms with van der Waals surface area (Å²) in [5, 5.41) is 0. The lowest BCUT2D eigenvalue weighted by Gasteiger charge is -2.30. The molecule has 1 aliphatic rings. The second-order valence-electron chi connectivity index (χ2n) is 7.41. The molecule has 1 aliphatic carbocycles. The number of benzene rings is 2. The maximum Gasteiger partial charge on any atom is 0.251 e. The van der Waals surface area contributed by atoms with Gasteiger partial charge in [-0.25, -0.2) is 4.39 Å². The van der Waals surface area contributed by atoms with E-state index in [2.05, 4.69) is 0 Å². The van der Waals surface area contributed by atoms with Crippen LogP contribution < -0.4 is 10.3 Å². The standard InChI is InChI=1S/C24H24FNO3/c1-28-21-13-9-19(10-14-21)24(29-16-17-5-6-17)23(18-7-11-20(25)12-8-18)26-15-3-2-4-22(26)27/h2-4,7-15,17,23-24H,5-6,16H2,1H3/t23-,24+/m1/s1. The molecule has 0 spiro atoms. The van der Waals surface area contributed by atoms with Crippen LogP contribution in [0.3, 0.4) is 0 Å². The minimum atomic E-state index is -0.420. The average molecular weight is 393 g/mol. The molecule has 29 heavy (non-hydrogen) atoms. The number of pyridine rings is 1. The molecule has 150 valence electrons. The normalized spacial score (nSPS) is 15.7. The molecule has 1 fully saturated rings. The van der Waals surface area contributed by atoms with E-state index in [1.165, 1.54) is 31.0 Å². The Hall–Kier alpha value is -2.92. The highest BCUT2D eigenvalue weighted by Gasteiger charge is 2.31. The van der Waals surface area contributed by atoms with Crippen molar-refractivity contribution in [2.75, 3.05) is 13.7 Å². The first kappa shape index (κ1) is 19.4. The summed E-state index contributed by atoms with van der Waals surface area (Å²) in [6.45, 7) is 0.635. The van der Waals surface area contributed by atoms with Crippen LogP contribution >= 0.6 is 0 Å². The van der Waals surface area contributed by atoms with Crippen LogP contribution in [0.15, 0.2) is 77.7 Å². The van der Waals surface area contributed by atoms with Crippen LogP contribution in [0.1, 0.15) is 36.1 Å². The largest absolute Gasteiger partial charge is 0.497 e. The molecule has 4 nitrogen and oxygen atoms in total. The van der Waals surface area contributed by atoms with Gasteiger partial charge in [-0.3, -0.25) is 4.79 Å². The van der Waals surface area contributed by atoms with Gasteiger partial charge >= 0.3 is 0 Å². The van der Waals surface area contributed by atoms with E-state index in [9.17, 15) is 9.18 Å². The summed E-state index contributed by atoms with van der Waals surface area (Å²) >= 11 is 0. The fourth-order valence-corrected chi connectivity index (χ4v) is 3.50. The van der Waals surface area contributed by atoms with Gasteiger partial charge in [0.1, 0.15) is 17.7 Å². The van der Waals surface area contributed by atoms with E-state index in [1.807, 2.05) is 30.3 Å². The van der Waals surface area contributed by atoms with E-state index in [1.54, 1.807) is 36.1 Å². The molecule has 0 aliphatic heterocycles. The van der Waals surface area contributed by atoms with E-state index < -0.39 is 12.1 Å². The van der Waals surface area contributed by atoms with E-state index in [-0.39, 0.29) is 11.4 Å². The highest BCUT2D eigenvalue weighted by Crippen LogP contribution is 2.38. The fraction of sp³-hybridized carbons (Fsp3) is 0.292. The first-order valence-electron chi connectivity index (χ1n) is 9.84. The Morgan fingerprint density at radius 1 is 1.00 bits per heavy atom. The highest BCUT2D eigenvalue weighted by atomic mass is 19.1. The first-order valence-corrected chi connectivity index (χ1v) is 9.84. The molecule has 3 aromatic rings. The molecule has 0 radical (unpaired) electrons. The SMILES string of the molecule is COc1ccc([C@H](OCC2CC2)[C@@H](c2ccc(F)cc2)n2ccccc2=O)cc1. The van der Waals surface area contributed by atoms with Gasteiger partial charge in [-0.15, -0.1) is 0 Å². The molecule has 0 saturated heterocycles. The maximum absolute atomic E-state index is 13.6. The molecule has 0 unspecified atom stereocenters. The lowest BCUT2D eigenvalue weighted by atomic mass is 9.94. The van der Waals surface area contributed by atoms with Crippen molar-refractivity contribution in [3.8, 4) is 5.75 Å². The van der Waals surface area contributed by atoms with Gasteiger partial charge in [-0.05, 0) is 60.2 Å². The van der Waals surface area contributed by atoms with Gasteiger partial charge in [0.15, 0.2) is 0 Å². The Bertz CT molecular complexity index is 994. The first-order chi connectivity index (χ1) is 14.2. The third-order valence-electron chi connectivity index (χ3n) is 5.30. The van der Waals surface area contributed by atoms with Crippen molar-refractivity contribution in [3.63, 3.8) is 0 Å². The van der Waals surface area contributed by atoms with Crippen molar-refractivity contribution in [2.24, 2.45) is 5.92 Å². The van der Waals surface area contributed by atoms with Crippen molar-refractivity contribution in [1.29, 1.82) is 0 Å². The summed E-state index contributed by atoms with van der Waals surface area (Å²) in [5.41, 5.74) is 1.63. The van der Waals surface area contributed by atoms with Gasteiger partial charge in [-0.1, -0.05) is 30.3 Å². The molecule has 0 N–H and O–H groups in total. The number of aromatic nitrogens is 1. The Labute approximate surface area is 169 Å². The number of hydrogen-bond acceptors (Lipinski definition) is 3. The Morgan fingerprint density at radius 3 is 2.31 bits per heavy atom. The fourth-order valence-electron chi connectivity index (χ4n) is 3.50. The maximum atomic E-state index is 13.6. The lowest BCUT2D eigenvalue weighted by molar-refractivity contribution is 0.0182. The summed E-state index contributed by atoms with van der Waals surface area (Å²) < 4.78 is 26.9. The molecule has 2 atom stereocenters. The molecule has 1 saturated carbocycles. The van der Waals surface area contributed by atoms with Gasteiger partial charge in [0.25, 0.3) is 5.56 Å². The van der Waals surface area contributed by atoms with Crippen molar-refractivity contribution in [1.82, 2.24) is 4.57 Å². The molecule has 4 rings (SSSR count). The van der Waals surface area contributed by atoms with E-state index >= 15 is 0 Å². The Morgan fingerprint density at radius 2 is 1.69 bits per heavy atom. The van der Waals surface area contributed by atoms with Gasteiger partial charge in [0.2, 0.25) is 0 Å². The van der Waals surface area contributed by atoms with Gasteiger partial charge in [0, 0.05) is 12.3 Å². The van der Waals surface area contributed by atoms with Gasteiger partial charge in [-0.2, -0.15) is 0 Å². The number of rotatable bonds is 8. The molecule has 2 aromatic carbocycles. The van der Waals surface area contributed by atoms with Crippen molar-refractivity contribution < 1.29 is 13.9 Å². The summed E-state index contributed by atoms with van der Waals surface area (Å²) in [4.78, 5) is 12.7. The minimum absolute atomic E-state index is 0.129. The highest BCUT2D eigenvalue weighted by molar-refractivity contribution is 5.32. The zero-order valence-corrected chi connectivity index (χ0v) is 16.3. The quantitative estimate of drug-likeness (QED) is 0.554. The van der Waals surface area contributed by atoms with Crippen LogP contribution in [0.4, 0.5) is 4.39 Å². The zero-order chi connectivity index (χ0) is 20.2. The molecule has 1 aromatic heterocycles. The number of hydrogen-bond donors (Lipinski definition) is 0. The van der Waals surface area contributed by atoms with Crippen LogP contribution in [-0.2, 0) is 4.74 Å². The molecule has 0 amide bonds. The van der Waals surface area contributed by atoms with Gasteiger partial charge < -0.3 is 14.0 Å². The van der Waals surface area contributed by atoms with Crippen molar-refractivity contribution in [2.45, 2.75) is 25.0 Å². The summed E-state index contributed by atoms with van der Waals surface area (Å²) in [7, 11) is 1.63. The van der Waals surface area contributed by atoms with Gasteiger partial charge in [0.05, 0.1) is 19.8 Å². The average Bonchev–Trinajstić information content (AvgIpc) is 3.58. The number of ether oxygens (including phenoxy) is 2. The molecule has 0 bridgehead atoms. The summed E-state index contributed by atoms with van der Waals surface area (Å²) in [5.74, 6) is 1.01. The summed E-state index contributed by atoms with van der Waals surface area (Å²) in [6, 6.07) is 18.6. The molecule has 5 heteroatoms. The van der Waals surface area contributed by atoms with Crippen molar-refractivity contribution >= 4 is 0 Å². The second kappa shape index (κ2) is 8.62. The number of nitrogens with zero attached hydrogens (tertiary/aromatic N) is 1. The number of halogens is 1. The van der Waals surface area contributed by atoms with Crippen LogP contribution in [0, 0.1) is 11.7 Å². The summed E-state index contributed by atoms with van der Waals surface area (Å²) in [6.07, 6.45) is 3.70. The topological polar surface area (TPSA) is 40.5 Å². The number of methoxy groups -OCH3 is 1. The Balaban J connectivity index is 1.80. The smallest absolute Gasteiger partial charge is 0.251 e. The van der Waals surface area contributed by atoms with Crippen LogP contribution in [0.2, 0.25) is 0 Å². The van der Waals surface area contributed by atoms with E-state index in [0.29, 0.717) is 12.5 Å². The van der Waals surface area contributed by atoms with E-state index in [4.69, 9.17) is 9.47 Å². The molecular formula is C24H24FNO3. The minimum Gasteiger partial charge on any atom is -0.497 e. The van der Waals surface area contributed by atoms with Crippen LogP contribution in [0.5, 0.6) is 5.75 Å². The predicted molar refractivity (Wildman–Crippen MR) is 110 cm³/mol. The Kier molecular flexibility index (Phi) is 5.76. The van der Waals surface area contributed by atoms with Crippen LogP contribution in [0.25, 0.3) is 0 Å². The molecule has 1 heterocycles. The monoisotopic (exact) mass is 393 g/mol. The third kappa shape index (κ3) is 4.57. The zero-order valence-electron chi connectivity index (χ0n) is 16.3. The molecular weight excluding hydrogens is 369 g/mol. The second-order valence-corrected chi connectivity index (χ2v) is 7.41.